The second-order valence-electron chi connectivity index (χ2n) is 5.36. The summed E-state index contributed by atoms with van der Waals surface area (Å²) in [5.41, 5.74) is 1.24. The molecule has 0 bridgehead atoms. The van der Waals surface area contributed by atoms with Gasteiger partial charge in [0.25, 0.3) is 0 Å². The Balaban J connectivity index is 2.25. The van der Waals surface area contributed by atoms with Crippen molar-refractivity contribution in [1.82, 2.24) is 5.32 Å². The van der Waals surface area contributed by atoms with Crippen molar-refractivity contribution in [2.24, 2.45) is 5.92 Å². The van der Waals surface area contributed by atoms with Crippen LogP contribution in [0.3, 0.4) is 0 Å². The van der Waals surface area contributed by atoms with Crippen LogP contribution in [0.25, 0.3) is 0 Å². The van der Waals surface area contributed by atoms with Crippen LogP contribution in [0.1, 0.15) is 44.6 Å². The van der Waals surface area contributed by atoms with E-state index in [9.17, 15) is 9.59 Å². The molecule has 0 aliphatic rings. The molecule has 1 aromatic rings. The number of carbonyl (C=O) groups is 2. The molecule has 0 aromatic heterocycles. The second kappa shape index (κ2) is 8.35. The molecule has 0 aliphatic carbocycles. The van der Waals surface area contributed by atoms with Crippen LogP contribution in [0.5, 0.6) is 0 Å². The molecule has 0 fully saturated rings. The first-order valence-electron chi connectivity index (χ1n) is 7.02. The fourth-order valence-electron chi connectivity index (χ4n) is 2.04. The van der Waals surface area contributed by atoms with Gasteiger partial charge in [0.05, 0.1) is 0 Å². The van der Waals surface area contributed by atoms with Gasteiger partial charge in [0.1, 0.15) is 0 Å². The van der Waals surface area contributed by atoms with E-state index in [1.807, 2.05) is 25.1 Å². The van der Waals surface area contributed by atoms with Crippen molar-refractivity contribution >= 4 is 11.9 Å². The average Bonchev–Trinajstić information content (AvgIpc) is 2.42. The number of hydrogen-bond acceptors (Lipinski definition) is 2. The maximum atomic E-state index is 11.7. The van der Waals surface area contributed by atoms with Gasteiger partial charge in [-0.25, -0.2) is 0 Å². The van der Waals surface area contributed by atoms with Gasteiger partial charge in [0.2, 0.25) is 5.91 Å². The minimum atomic E-state index is -0.829. The highest BCUT2D eigenvalue weighted by atomic mass is 16.4. The minimum absolute atomic E-state index is 0.00924. The lowest BCUT2D eigenvalue weighted by molar-refractivity contribution is -0.138. The number of amides is 1. The predicted octanol–water partition coefficient (Wildman–Crippen LogP) is 2.80. The summed E-state index contributed by atoms with van der Waals surface area (Å²) in [6.07, 6.45) is 1.35. The van der Waals surface area contributed by atoms with Gasteiger partial charge in [0.15, 0.2) is 0 Å². The summed E-state index contributed by atoms with van der Waals surface area (Å²) in [5.74, 6) is -0.532. The van der Waals surface area contributed by atoms with Crippen molar-refractivity contribution in [3.05, 3.63) is 35.9 Å². The summed E-state index contributed by atoms with van der Waals surface area (Å²) in [7, 11) is 0. The van der Waals surface area contributed by atoms with Crippen molar-refractivity contribution in [2.45, 2.75) is 39.0 Å². The van der Waals surface area contributed by atoms with E-state index in [4.69, 9.17) is 5.11 Å². The molecule has 2 N–H and O–H groups in total. The third-order valence-electron chi connectivity index (χ3n) is 3.34. The number of carboxylic acids is 1. The van der Waals surface area contributed by atoms with E-state index in [-0.39, 0.29) is 18.2 Å². The van der Waals surface area contributed by atoms with Crippen LogP contribution in [0.15, 0.2) is 30.3 Å². The quantitative estimate of drug-likeness (QED) is 0.768. The molecule has 0 spiro atoms. The topological polar surface area (TPSA) is 66.4 Å². The molecule has 1 rings (SSSR count). The first kappa shape index (κ1) is 16.2. The average molecular weight is 277 g/mol. The summed E-state index contributed by atoms with van der Waals surface area (Å²) >= 11 is 0. The van der Waals surface area contributed by atoms with E-state index in [2.05, 4.69) is 24.4 Å². The van der Waals surface area contributed by atoms with Gasteiger partial charge >= 0.3 is 5.97 Å². The van der Waals surface area contributed by atoms with Gasteiger partial charge in [0, 0.05) is 19.4 Å². The monoisotopic (exact) mass is 277 g/mol. The van der Waals surface area contributed by atoms with E-state index in [1.54, 1.807) is 0 Å². The van der Waals surface area contributed by atoms with Gasteiger partial charge in [-0.2, -0.15) is 0 Å². The second-order valence-corrected chi connectivity index (χ2v) is 5.36. The highest BCUT2D eigenvalue weighted by Crippen LogP contribution is 2.19. The largest absolute Gasteiger partial charge is 0.481 e. The first-order chi connectivity index (χ1) is 9.49. The van der Waals surface area contributed by atoms with Crippen molar-refractivity contribution in [1.29, 1.82) is 0 Å². The number of carboxylic acid groups (broad SMARTS) is 1. The minimum Gasteiger partial charge on any atom is -0.481 e. The molecule has 110 valence electrons. The third kappa shape index (κ3) is 6.36. The number of aliphatic carboxylic acids is 1. The Kier molecular flexibility index (Phi) is 6.77. The Morgan fingerprint density at radius 3 is 2.45 bits per heavy atom. The van der Waals surface area contributed by atoms with E-state index in [0.29, 0.717) is 18.9 Å². The zero-order valence-corrected chi connectivity index (χ0v) is 12.1. The molecule has 0 radical (unpaired) electrons. The number of hydrogen-bond donors (Lipinski definition) is 2. The Labute approximate surface area is 120 Å². The summed E-state index contributed by atoms with van der Waals surface area (Å²) < 4.78 is 0. The van der Waals surface area contributed by atoms with Crippen LogP contribution >= 0.6 is 0 Å². The lowest BCUT2D eigenvalue weighted by atomic mass is 9.96. The lowest BCUT2D eigenvalue weighted by Gasteiger charge is -2.13. The van der Waals surface area contributed by atoms with E-state index < -0.39 is 5.97 Å². The molecule has 1 amide bonds. The molecule has 2 unspecified atom stereocenters. The van der Waals surface area contributed by atoms with E-state index in [0.717, 1.165) is 6.42 Å². The van der Waals surface area contributed by atoms with Gasteiger partial charge < -0.3 is 10.4 Å². The van der Waals surface area contributed by atoms with Gasteiger partial charge in [-0.15, -0.1) is 0 Å². The summed E-state index contributed by atoms with van der Waals surface area (Å²) in [4.78, 5) is 22.2. The van der Waals surface area contributed by atoms with Crippen LogP contribution in [-0.4, -0.2) is 23.5 Å². The zero-order valence-electron chi connectivity index (χ0n) is 12.1. The first-order valence-corrected chi connectivity index (χ1v) is 7.02. The smallest absolute Gasteiger partial charge is 0.303 e. The van der Waals surface area contributed by atoms with E-state index >= 15 is 0 Å². The number of carbonyl (C=O) groups excluding carboxylic acids is 1. The lowest BCUT2D eigenvalue weighted by Crippen LogP contribution is -2.29. The molecule has 4 nitrogen and oxygen atoms in total. The molecule has 0 aliphatic heterocycles. The van der Waals surface area contributed by atoms with Gasteiger partial charge in [-0.3, -0.25) is 9.59 Å². The van der Waals surface area contributed by atoms with Crippen LogP contribution in [0.2, 0.25) is 0 Å². The van der Waals surface area contributed by atoms with Crippen molar-refractivity contribution in [3.8, 4) is 0 Å². The Morgan fingerprint density at radius 2 is 1.85 bits per heavy atom. The highest BCUT2D eigenvalue weighted by Gasteiger charge is 2.11. The van der Waals surface area contributed by atoms with Crippen molar-refractivity contribution in [3.63, 3.8) is 0 Å². The molecule has 2 atom stereocenters. The summed E-state index contributed by atoms with van der Waals surface area (Å²) in [5, 5.41) is 11.4. The SMILES string of the molecule is CC(CNC(=O)CCC(C)c1ccccc1)CC(=O)O. The Hall–Kier alpha value is -1.84. The fraction of sp³-hybridized carbons (Fsp3) is 0.500. The highest BCUT2D eigenvalue weighted by molar-refractivity contribution is 5.76. The van der Waals surface area contributed by atoms with Gasteiger partial charge in [-0.05, 0) is 23.8 Å². The molecule has 1 aromatic carbocycles. The molecule has 20 heavy (non-hydrogen) atoms. The standard InChI is InChI=1S/C16H23NO3/c1-12(10-16(19)20)11-17-15(18)9-8-13(2)14-6-4-3-5-7-14/h3-7,12-13H,8-11H2,1-2H3,(H,17,18)(H,19,20). The zero-order chi connectivity index (χ0) is 15.0. The fourth-order valence-corrected chi connectivity index (χ4v) is 2.04. The van der Waals surface area contributed by atoms with Crippen molar-refractivity contribution < 1.29 is 14.7 Å². The summed E-state index contributed by atoms with van der Waals surface area (Å²) in [6, 6.07) is 10.1. The molecule has 0 saturated heterocycles. The third-order valence-corrected chi connectivity index (χ3v) is 3.34. The number of nitrogens with one attached hydrogen (secondary N) is 1. The van der Waals surface area contributed by atoms with E-state index in [1.165, 1.54) is 5.56 Å². The molecular weight excluding hydrogens is 254 g/mol. The predicted molar refractivity (Wildman–Crippen MR) is 78.5 cm³/mol. The molecule has 4 heteroatoms. The number of rotatable bonds is 8. The van der Waals surface area contributed by atoms with Crippen molar-refractivity contribution in [2.75, 3.05) is 6.54 Å². The molecule has 0 heterocycles. The molecular formula is C16H23NO3. The summed E-state index contributed by atoms with van der Waals surface area (Å²) in [6.45, 7) is 4.35. The van der Waals surface area contributed by atoms with Gasteiger partial charge in [-0.1, -0.05) is 44.2 Å². The van der Waals surface area contributed by atoms with Crippen LogP contribution in [-0.2, 0) is 9.59 Å². The maximum Gasteiger partial charge on any atom is 0.303 e. The maximum absolute atomic E-state index is 11.7. The normalized spacial score (nSPS) is 13.5. The Bertz CT molecular complexity index is 431. The van der Waals surface area contributed by atoms with Crippen LogP contribution in [0, 0.1) is 5.92 Å². The van der Waals surface area contributed by atoms with Crippen LogP contribution in [0.4, 0.5) is 0 Å². The molecule has 0 saturated carbocycles. The Morgan fingerprint density at radius 1 is 1.20 bits per heavy atom. The van der Waals surface area contributed by atoms with Crippen LogP contribution < -0.4 is 5.32 Å². The number of benzene rings is 1.